The van der Waals surface area contributed by atoms with Crippen molar-refractivity contribution in [2.24, 2.45) is 5.10 Å². The lowest BCUT2D eigenvalue weighted by atomic mass is 10.2. The SMILES string of the molecule is COc1cccc(NC(=O)C(=O)N/N=C/c2cc(Br)ccc2OC(=O)c2ccc(Cl)cc2)c1. The Labute approximate surface area is 202 Å². The van der Waals surface area contributed by atoms with Crippen LogP contribution in [0, 0.1) is 0 Å². The fraction of sp³-hybridized carbons (Fsp3) is 0.0435. The first kappa shape index (κ1) is 24.0. The van der Waals surface area contributed by atoms with Crippen molar-refractivity contribution in [2.45, 2.75) is 0 Å². The number of amides is 2. The summed E-state index contributed by atoms with van der Waals surface area (Å²) in [7, 11) is 1.49. The molecule has 0 aliphatic heterocycles. The van der Waals surface area contributed by atoms with Crippen LogP contribution in [0.2, 0.25) is 5.02 Å². The molecule has 0 fully saturated rings. The molecule has 0 spiro atoms. The zero-order valence-corrected chi connectivity index (χ0v) is 19.5. The molecule has 0 aliphatic rings. The van der Waals surface area contributed by atoms with Gasteiger partial charge in [0.25, 0.3) is 0 Å². The minimum atomic E-state index is -0.983. The average Bonchev–Trinajstić information content (AvgIpc) is 2.81. The molecule has 0 aliphatic carbocycles. The molecule has 0 atom stereocenters. The maximum Gasteiger partial charge on any atom is 0.343 e. The number of hydrogen-bond donors (Lipinski definition) is 2. The van der Waals surface area contributed by atoms with Crippen molar-refractivity contribution in [1.82, 2.24) is 5.43 Å². The molecular weight excluding hydrogens is 514 g/mol. The summed E-state index contributed by atoms with van der Waals surface area (Å²) in [6.45, 7) is 0. The normalized spacial score (nSPS) is 10.5. The number of carbonyl (C=O) groups excluding carboxylic acids is 3. The third-order valence-corrected chi connectivity index (χ3v) is 4.90. The number of rotatable bonds is 6. The van der Waals surface area contributed by atoms with Gasteiger partial charge >= 0.3 is 17.8 Å². The number of hydrogen-bond acceptors (Lipinski definition) is 6. The lowest BCUT2D eigenvalue weighted by Gasteiger charge is -2.08. The third-order valence-electron chi connectivity index (χ3n) is 4.16. The number of nitrogens with zero attached hydrogens (tertiary/aromatic N) is 1. The lowest BCUT2D eigenvalue weighted by molar-refractivity contribution is -0.136. The molecule has 10 heteroatoms. The monoisotopic (exact) mass is 529 g/mol. The highest BCUT2D eigenvalue weighted by atomic mass is 79.9. The molecule has 3 aromatic rings. The molecule has 0 saturated heterocycles. The summed E-state index contributed by atoms with van der Waals surface area (Å²) in [5.74, 6) is -1.75. The second-order valence-corrected chi connectivity index (χ2v) is 7.82. The van der Waals surface area contributed by atoms with Gasteiger partial charge in [-0.25, -0.2) is 10.2 Å². The Hall–Kier alpha value is -3.69. The molecule has 3 aromatic carbocycles. The summed E-state index contributed by atoms with van der Waals surface area (Å²) in [4.78, 5) is 36.5. The van der Waals surface area contributed by atoms with Gasteiger partial charge in [-0.1, -0.05) is 33.6 Å². The molecule has 0 unspecified atom stereocenters. The van der Waals surface area contributed by atoms with E-state index in [0.717, 1.165) is 0 Å². The van der Waals surface area contributed by atoms with E-state index >= 15 is 0 Å². The van der Waals surface area contributed by atoms with Crippen LogP contribution in [0.4, 0.5) is 5.69 Å². The van der Waals surface area contributed by atoms with Gasteiger partial charge in [0.15, 0.2) is 0 Å². The molecule has 0 radical (unpaired) electrons. The molecule has 3 rings (SSSR count). The van der Waals surface area contributed by atoms with E-state index in [1.165, 1.54) is 13.3 Å². The van der Waals surface area contributed by atoms with Gasteiger partial charge in [-0.2, -0.15) is 5.10 Å². The fourth-order valence-electron chi connectivity index (χ4n) is 2.56. The second-order valence-electron chi connectivity index (χ2n) is 6.46. The average molecular weight is 531 g/mol. The molecule has 2 N–H and O–H groups in total. The number of benzene rings is 3. The number of esters is 1. The molecule has 0 saturated carbocycles. The van der Waals surface area contributed by atoms with Crippen molar-refractivity contribution >= 4 is 57.2 Å². The predicted octanol–water partition coefficient (Wildman–Crippen LogP) is 4.42. The van der Waals surface area contributed by atoms with Gasteiger partial charge in [0.1, 0.15) is 11.5 Å². The molecule has 168 valence electrons. The zero-order chi connectivity index (χ0) is 23.8. The van der Waals surface area contributed by atoms with Gasteiger partial charge in [-0.05, 0) is 54.6 Å². The number of methoxy groups -OCH3 is 1. The van der Waals surface area contributed by atoms with E-state index < -0.39 is 17.8 Å². The molecule has 0 bridgehead atoms. The molecule has 0 aromatic heterocycles. The molecular formula is C23H17BrClN3O5. The predicted molar refractivity (Wildman–Crippen MR) is 128 cm³/mol. The van der Waals surface area contributed by atoms with Gasteiger partial charge in [0.2, 0.25) is 0 Å². The number of carbonyl (C=O) groups is 3. The maximum absolute atomic E-state index is 12.4. The highest BCUT2D eigenvalue weighted by Gasteiger charge is 2.14. The van der Waals surface area contributed by atoms with E-state index in [4.69, 9.17) is 21.1 Å². The van der Waals surface area contributed by atoms with Gasteiger partial charge in [-0.3, -0.25) is 9.59 Å². The van der Waals surface area contributed by atoms with E-state index in [0.29, 0.717) is 32.1 Å². The number of nitrogens with one attached hydrogen (secondary N) is 2. The summed E-state index contributed by atoms with van der Waals surface area (Å²) in [6, 6.07) is 17.7. The Bertz CT molecular complexity index is 1210. The Morgan fingerprint density at radius 3 is 2.48 bits per heavy atom. The Kier molecular flexibility index (Phi) is 8.17. The summed E-state index contributed by atoms with van der Waals surface area (Å²) in [5.41, 5.74) is 3.23. The quantitative estimate of drug-likeness (QED) is 0.161. The van der Waals surface area contributed by atoms with Crippen LogP contribution in [0.1, 0.15) is 15.9 Å². The summed E-state index contributed by atoms with van der Waals surface area (Å²) < 4.78 is 11.2. The standard InChI is InChI=1S/C23H17BrClN3O5/c1-32-19-4-2-3-18(12-19)27-21(29)22(30)28-26-13-15-11-16(24)7-10-20(15)33-23(31)14-5-8-17(25)9-6-14/h2-13H,1H3,(H,27,29)(H,28,30)/b26-13+. The minimum Gasteiger partial charge on any atom is -0.497 e. The van der Waals surface area contributed by atoms with E-state index in [2.05, 4.69) is 31.8 Å². The van der Waals surface area contributed by atoms with Gasteiger partial charge in [-0.15, -0.1) is 0 Å². The van der Waals surface area contributed by atoms with Gasteiger partial charge in [0.05, 0.1) is 18.9 Å². The van der Waals surface area contributed by atoms with E-state index in [1.807, 2.05) is 0 Å². The van der Waals surface area contributed by atoms with Crippen molar-refractivity contribution in [2.75, 3.05) is 12.4 Å². The molecule has 0 heterocycles. The van der Waals surface area contributed by atoms with Crippen molar-refractivity contribution in [3.63, 3.8) is 0 Å². The first-order valence-electron chi connectivity index (χ1n) is 9.41. The molecule has 8 nitrogen and oxygen atoms in total. The lowest BCUT2D eigenvalue weighted by Crippen LogP contribution is -2.32. The zero-order valence-electron chi connectivity index (χ0n) is 17.2. The van der Waals surface area contributed by atoms with Crippen LogP contribution in [0.25, 0.3) is 0 Å². The number of halogens is 2. The third kappa shape index (κ3) is 6.90. The number of ether oxygens (including phenoxy) is 2. The van der Waals surface area contributed by atoms with Crippen LogP contribution in [0.5, 0.6) is 11.5 Å². The Balaban J connectivity index is 1.65. The van der Waals surface area contributed by atoms with Crippen LogP contribution in [-0.2, 0) is 9.59 Å². The fourth-order valence-corrected chi connectivity index (χ4v) is 3.06. The van der Waals surface area contributed by atoms with Crippen molar-refractivity contribution in [3.8, 4) is 11.5 Å². The first-order valence-corrected chi connectivity index (χ1v) is 10.6. The topological polar surface area (TPSA) is 106 Å². The van der Waals surface area contributed by atoms with E-state index in [1.54, 1.807) is 66.7 Å². The maximum atomic E-state index is 12.4. The van der Waals surface area contributed by atoms with Crippen molar-refractivity contribution in [3.05, 3.63) is 87.4 Å². The van der Waals surface area contributed by atoms with Crippen molar-refractivity contribution < 1.29 is 23.9 Å². The van der Waals surface area contributed by atoms with E-state index in [9.17, 15) is 14.4 Å². The van der Waals surface area contributed by atoms with Gasteiger partial charge in [0, 0.05) is 26.8 Å². The summed E-state index contributed by atoms with van der Waals surface area (Å²) in [5, 5.41) is 6.73. The Morgan fingerprint density at radius 1 is 1.00 bits per heavy atom. The number of anilines is 1. The van der Waals surface area contributed by atoms with Crippen LogP contribution >= 0.6 is 27.5 Å². The molecule has 33 heavy (non-hydrogen) atoms. The first-order chi connectivity index (χ1) is 15.9. The van der Waals surface area contributed by atoms with Gasteiger partial charge < -0.3 is 14.8 Å². The van der Waals surface area contributed by atoms with E-state index in [-0.39, 0.29) is 5.75 Å². The molecule has 2 amide bonds. The van der Waals surface area contributed by atoms with Crippen LogP contribution in [-0.4, -0.2) is 31.1 Å². The minimum absolute atomic E-state index is 0.206. The Morgan fingerprint density at radius 2 is 1.76 bits per heavy atom. The smallest absolute Gasteiger partial charge is 0.343 e. The number of hydrazone groups is 1. The van der Waals surface area contributed by atoms with Crippen LogP contribution in [0.15, 0.2) is 76.3 Å². The second kappa shape index (κ2) is 11.3. The highest BCUT2D eigenvalue weighted by Crippen LogP contribution is 2.23. The summed E-state index contributed by atoms with van der Waals surface area (Å²) >= 11 is 9.17. The summed E-state index contributed by atoms with van der Waals surface area (Å²) in [6.07, 6.45) is 1.26. The largest absolute Gasteiger partial charge is 0.497 e. The van der Waals surface area contributed by atoms with Crippen LogP contribution in [0.3, 0.4) is 0 Å². The van der Waals surface area contributed by atoms with Crippen molar-refractivity contribution in [1.29, 1.82) is 0 Å². The van der Waals surface area contributed by atoms with Crippen LogP contribution < -0.4 is 20.2 Å². The highest BCUT2D eigenvalue weighted by molar-refractivity contribution is 9.10.